The zero-order chi connectivity index (χ0) is 16.9. The summed E-state index contributed by atoms with van der Waals surface area (Å²) in [6, 6.07) is 9.70. The van der Waals surface area contributed by atoms with E-state index in [9.17, 15) is 9.59 Å². The van der Waals surface area contributed by atoms with Gasteiger partial charge in [-0.25, -0.2) is 9.78 Å². The molecule has 24 heavy (non-hydrogen) atoms. The number of nitrogens with zero attached hydrogens (tertiary/aromatic N) is 3. The average molecular weight is 345 g/mol. The summed E-state index contributed by atoms with van der Waals surface area (Å²) >= 11 is 1.35. The highest BCUT2D eigenvalue weighted by molar-refractivity contribution is 7.12. The molecule has 2 aromatic rings. The van der Waals surface area contributed by atoms with E-state index in [2.05, 4.69) is 4.98 Å². The van der Waals surface area contributed by atoms with Gasteiger partial charge in [-0.3, -0.25) is 4.79 Å². The zero-order valence-corrected chi connectivity index (χ0v) is 14.3. The topological polar surface area (TPSA) is 62.7 Å². The highest BCUT2D eigenvalue weighted by Gasteiger charge is 2.28. The molecule has 126 valence electrons. The summed E-state index contributed by atoms with van der Waals surface area (Å²) in [5.74, 6) is -0.0279. The van der Waals surface area contributed by atoms with E-state index in [4.69, 9.17) is 4.74 Å². The van der Waals surface area contributed by atoms with Gasteiger partial charge < -0.3 is 14.5 Å². The maximum atomic E-state index is 12.8. The van der Waals surface area contributed by atoms with E-state index in [0.29, 0.717) is 37.7 Å². The van der Waals surface area contributed by atoms with E-state index >= 15 is 0 Å². The standard InChI is InChI=1S/C17H19N3O3S/c1-2-23-17(22)20-10-8-19(9-11-20)16(21)15-14(18-12-24-15)13-6-4-3-5-7-13/h3-7,12H,2,8-11H2,1H3. The number of carbonyl (C=O) groups is 2. The Balaban J connectivity index is 1.69. The van der Waals surface area contributed by atoms with Gasteiger partial charge in [0.05, 0.1) is 17.8 Å². The van der Waals surface area contributed by atoms with Crippen LogP contribution in [0, 0.1) is 0 Å². The lowest BCUT2D eigenvalue weighted by molar-refractivity contribution is 0.0574. The van der Waals surface area contributed by atoms with Crippen molar-refractivity contribution in [2.75, 3.05) is 32.8 Å². The van der Waals surface area contributed by atoms with Crippen LogP contribution < -0.4 is 0 Å². The third-order valence-electron chi connectivity index (χ3n) is 3.90. The Hall–Kier alpha value is -2.41. The van der Waals surface area contributed by atoms with Gasteiger partial charge in [0.15, 0.2) is 0 Å². The Morgan fingerprint density at radius 2 is 1.79 bits per heavy atom. The van der Waals surface area contributed by atoms with Gasteiger partial charge in [0.25, 0.3) is 5.91 Å². The van der Waals surface area contributed by atoms with Gasteiger partial charge in [-0.15, -0.1) is 11.3 Å². The van der Waals surface area contributed by atoms with E-state index in [1.165, 1.54) is 11.3 Å². The molecule has 6 nitrogen and oxygen atoms in total. The van der Waals surface area contributed by atoms with E-state index in [1.807, 2.05) is 30.3 Å². The quantitative estimate of drug-likeness (QED) is 0.858. The fourth-order valence-electron chi connectivity index (χ4n) is 2.65. The monoisotopic (exact) mass is 345 g/mol. The van der Waals surface area contributed by atoms with Gasteiger partial charge >= 0.3 is 6.09 Å². The fraction of sp³-hybridized carbons (Fsp3) is 0.353. The molecule has 1 aromatic carbocycles. The molecular weight excluding hydrogens is 326 g/mol. The molecule has 0 bridgehead atoms. The zero-order valence-electron chi connectivity index (χ0n) is 13.5. The number of aromatic nitrogens is 1. The fourth-order valence-corrected chi connectivity index (χ4v) is 3.43. The van der Waals surface area contributed by atoms with Crippen molar-refractivity contribution in [2.45, 2.75) is 6.92 Å². The van der Waals surface area contributed by atoms with E-state index in [-0.39, 0.29) is 12.0 Å². The lowest BCUT2D eigenvalue weighted by Gasteiger charge is -2.33. The highest BCUT2D eigenvalue weighted by Crippen LogP contribution is 2.26. The lowest BCUT2D eigenvalue weighted by atomic mass is 10.1. The van der Waals surface area contributed by atoms with Crippen LogP contribution in [-0.4, -0.2) is 59.6 Å². The second kappa shape index (κ2) is 7.44. The minimum atomic E-state index is -0.313. The molecule has 0 saturated carbocycles. The first-order chi connectivity index (χ1) is 11.7. The SMILES string of the molecule is CCOC(=O)N1CCN(C(=O)c2scnc2-c2ccccc2)CC1. The molecular formula is C17H19N3O3S. The van der Waals surface area contributed by atoms with Gasteiger partial charge in [0.1, 0.15) is 4.88 Å². The molecule has 2 heterocycles. The van der Waals surface area contributed by atoms with Crippen molar-refractivity contribution in [3.63, 3.8) is 0 Å². The maximum absolute atomic E-state index is 12.8. The third kappa shape index (κ3) is 3.41. The molecule has 7 heteroatoms. The van der Waals surface area contributed by atoms with Crippen molar-refractivity contribution >= 4 is 23.3 Å². The predicted octanol–water partition coefficient (Wildman–Crippen LogP) is 2.72. The van der Waals surface area contributed by atoms with Crippen LogP contribution in [0.25, 0.3) is 11.3 Å². The van der Waals surface area contributed by atoms with Crippen LogP contribution in [0.4, 0.5) is 4.79 Å². The number of thiazole rings is 1. The average Bonchev–Trinajstić information content (AvgIpc) is 3.12. The summed E-state index contributed by atoms with van der Waals surface area (Å²) in [6.45, 7) is 4.13. The first kappa shape index (κ1) is 16.4. The number of ether oxygens (including phenoxy) is 1. The van der Waals surface area contributed by atoms with E-state index in [1.54, 1.807) is 22.2 Å². The van der Waals surface area contributed by atoms with Gasteiger partial charge in [0, 0.05) is 31.7 Å². The predicted molar refractivity (Wildman–Crippen MR) is 92.0 cm³/mol. The van der Waals surface area contributed by atoms with Crippen molar-refractivity contribution in [1.82, 2.24) is 14.8 Å². The van der Waals surface area contributed by atoms with Crippen molar-refractivity contribution < 1.29 is 14.3 Å². The molecule has 2 amide bonds. The molecule has 0 spiro atoms. The van der Waals surface area contributed by atoms with E-state index in [0.717, 1.165) is 11.3 Å². The van der Waals surface area contributed by atoms with Crippen molar-refractivity contribution in [3.8, 4) is 11.3 Å². The van der Waals surface area contributed by atoms with Crippen LogP contribution in [0.2, 0.25) is 0 Å². The minimum absolute atomic E-state index is 0.0279. The van der Waals surface area contributed by atoms with Crippen LogP contribution in [-0.2, 0) is 4.74 Å². The van der Waals surface area contributed by atoms with Gasteiger partial charge in [-0.2, -0.15) is 0 Å². The van der Waals surface area contributed by atoms with Crippen LogP contribution in [0.1, 0.15) is 16.6 Å². The molecule has 0 radical (unpaired) electrons. The molecule has 1 aliphatic heterocycles. The Labute approximate surface area is 144 Å². The molecule has 3 rings (SSSR count). The first-order valence-corrected chi connectivity index (χ1v) is 8.78. The number of carbonyl (C=O) groups excluding carboxylic acids is 2. The summed E-state index contributed by atoms with van der Waals surface area (Å²) in [6.07, 6.45) is -0.313. The van der Waals surface area contributed by atoms with Crippen molar-refractivity contribution in [2.24, 2.45) is 0 Å². The smallest absolute Gasteiger partial charge is 0.409 e. The summed E-state index contributed by atoms with van der Waals surface area (Å²) in [7, 11) is 0. The first-order valence-electron chi connectivity index (χ1n) is 7.90. The third-order valence-corrected chi connectivity index (χ3v) is 4.72. The van der Waals surface area contributed by atoms with Crippen LogP contribution in [0.3, 0.4) is 0 Å². The Morgan fingerprint density at radius 1 is 1.12 bits per heavy atom. The van der Waals surface area contributed by atoms with Crippen molar-refractivity contribution in [3.05, 3.63) is 40.7 Å². The van der Waals surface area contributed by atoms with Crippen LogP contribution >= 0.6 is 11.3 Å². The number of rotatable bonds is 3. The second-order valence-electron chi connectivity index (χ2n) is 5.37. The van der Waals surface area contributed by atoms with Gasteiger partial charge in [-0.05, 0) is 6.92 Å². The molecule has 1 aromatic heterocycles. The van der Waals surface area contributed by atoms with E-state index < -0.39 is 0 Å². The van der Waals surface area contributed by atoms with Crippen LogP contribution in [0.15, 0.2) is 35.8 Å². The largest absolute Gasteiger partial charge is 0.450 e. The van der Waals surface area contributed by atoms with Crippen molar-refractivity contribution in [1.29, 1.82) is 0 Å². The molecule has 0 N–H and O–H groups in total. The molecule has 0 aliphatic carbocycles. The van der Waals surface area contributed by atoms with Gasteiger partial charge in [-0.1, -0.05) is 30.3 Å². The number of amides is 2. The Morgan fingerprint density at radius 3 is 2.46 bits per heavy atom. The molecule has 1 fully saturated rings. The number of piperazine rings is 1. The maximum Gasteiger partial charge on any atom is 0.409 e. The Kier molecular flexibility index (Phi) is 5.10. The van der Waals surface area contributed by atoms with Gasteiger partial charge in [0.2, 0.25) is 0 Å². The molecule has 1 aliphatic rings. The summed E-state index contributed by atoms with van der Waals surface area (Å²) in [5.41, 5.74) is 3.36. The van der Waals surface area contributed by atoms with Crippen LogP contribution in [0.5, 0.6) is 0 Å². The summed E-state index contributed by atoms with van der Waals surface area (Å²) < 4.78 is 5.00. The highest BCUT2D eigenvalue weighted by atomic mass is 32.1. The number of hydrogen-bond acceptors (Lipinski definition) is 5. The minimum Gasteiger partial charge on any atom is -0.450 e. The molecule has 0 unspecified atom stereocenters. The lowest BCUT2D eigenvalue weighted by Crippen LogP contribution is -2.50. The number of benzene rings is 1. The summed E-state index contributed by atoms with van der Waals surface area (Å²) in [5, 5.41) is 0. The molecule has 0 atom stereocenters. The summed E-state index contributed by atoms with van der Waals surface area (Å²) in [4.78, 5) is 33.0. The second-order valence-corrected chi connectivity index (χ2v) is 6.23. The number of hydrogen-bond donors (Lipinski definition) is 0. The normalized spacial score (nSPS) is 14.5. The Bertz CT molecular complexity index is 709. The molecule has 1 saturated heterocycles.